The van der Waals surface area contributed by atoms with Crippen LogP contribution in [0.25, 0.3) is 0 Å². The van der Waals surface area contributed by atoms with Crippen LogP contribution in [0.15, 0.2) is 0 Å². The normalized spacial score (nSPS) is 45.4. The van der Waals surface area contributed by atoms with E-state index in [1.54, 1.807) is 12.8 Å². The molecule has 0 radical (unpaired) electrons. The van der Waals surface area contributed by atoms with Crippen LogP contribution in [0, 0.1) is 23.2 Å². The molecule has 0 aromatic heterocycles. The molecule has 4 unspecified atom stereocenters. The largest absolute Gasteiger partial charge is 0.327 e. The number of rotatable bonds is 3. The number of hydrogen-bond donors (Lipinski definition) is 1. The van der Waals surface area contributed by atoms with E-state index < -0.39 is 0 Å². The van der Waals surface area contributed by atoms with Crippen LogP contribution < -0.4 is 5.73 Å². The van der Waals surface area contributed by atoms with Gasteiger partial charge in [0.25, 0.3) is 0 Å². The van der Waals surface area contributed by atoms with Crippen LogP contribution >= 0.6 is 0 Å². The fourth-order valence-electron chi connectivity index (χ4n) is 4.15. The minimum atomic E-state index is 0.446. The molecule has 0 aromatic rings. The van der Waals surface area contributed by atoms with Gasteiger partial charge in [0.2, 0.25) is 0 Å². The molecular formula is C13H23N. The highest BCUT2D eigenvalue weighted by atomic mass is 14.7. The van der Waals surface area contributed by atoms with E-state index in [0.717, 1.165) is 17.8 Å². The molecule has 80 valence electrons. The molecular weight excluding hydrogens is 170 g/mol. The van der Waals surface area contributed by atoms with Crippen molar-refractivity contribution in [3.05, 3.63) is 0 Å². The average molecular weight is 193 g/mol. The van der Waals surface area contributed by atoms with Crippen molar-refractivity contribution in [2.75, 3.05) is 0 Å². The van der Waals surface area contributed by atoms with Crippen molar-refractivity contribution in [2.45, 2.75) is 57.9 Å². The van der Waals surface area contributed by atoms with Gasteiger partial charge in [-0.15, -0.1) is 0 Å². The molecule has 0 heterocycles. The van der Waals surface area contributed by atoms with Crippen molar-refractivity contribution < 1.29 is 0 Å². The average Bonchev–Trinajstić information content (AvgIpc) is 2.66. The Morgan fingerprint density at radius 1 is 1.29 bits per heavy atom. The molecule has 0 spiro atoms. The lowest BCUT2D eigenvalue weighted by atomic mass is 9.78. The molecule has 4 atom stereocenters. The van der Waals surface area contributed by atoms with Gasteiger partial charge in [-0.3, -0.25) is 0 Å². The first-order valence-electron chi connectivity index (χ1n) is 6.45. The van der Waals surface area contributed by atoms with Crippen LogP contribution in [-0.4, -0.2) is 6.04 Å². The van der Waals surface area contributed by atoms with Crippen LogP contribution in [0.3, 0.4) is 0 Å². The minimum absolute atomic E-state index is 0.446. The fraction of sp³-hybridized carbons (Fsp3) is 1.00. The predicted molar refractivity (Wildman–Crippen MR) is 58.9 cm³/mol. The Morgan fingerprint density at radius 2 is 2.07 bits per heavy atom. The van der Waals surface area contributed by atoms with Gasteiger partial charge < -0.3 is 5.73 Å². The van der Waals surface area contributed by atoms with E-state index in [-0.39, 0.29) is 0 Å². The minimum Gasteiger partial charge on any atom is -0.327 e. The van der Waals surface area contributed by atoms with Gasteiger partial charge in [-0.05, 0) is 68.6 Å². The zero-order valence-corrected chi connectivity index (χ0v) is 9.34. The van der Waals surface area contributed by atoms with Crippen molar-refractivity contribution in [1.29, 1.82) is 0 Å². The first-order valence-corrected chi connectivity index (χ1v) is 6.45. The molecule has 3 fully saturated rings. The Hall–Kier alpha value is -0.0400. The molecule has 0 saturated heterocycles. The highest BCUT2D eigenvalue weighted by Crippen LogP contribution is 2.59. The van der Waals surface area contributed by atoms with E-state index in [9.17, 15) is 0 Å². The van der Waals surface area contributed by atoms with Crippen LogP contribution in [0.4, 0.5) is 0 Å². The smallest absolute Gasteiger partial charge is 0.00671 e. The molecule has 2 bridgehead atoms. The summed E-state index contributed by atoms with van der Waals surface area (Å²) in [6, 6.07) is 0.446. The topological polar surface area (TPSA) is 26.0 Å². The van der Waals surface area contributed by atoms with Gasteiger partial charge >= 0.3 is 0 Å². The van der Waals surface area contributed by atoms with Gasteiger partial charge in [-0.25, -0.2) is 0 Å². The van der Waals surface area contributed by atoms with Gasteiger partial charge in [0, 0.05) is 6.04 Å². The Labute approximate surface area is 87.4 Å². The zero-order valence-electron chi connectivity index (χ0n) is 9.34. The van der Waals surface area contributed by atoms with Gasteiger partial charge in [-0.2, -0.15) is 0 Å². The molecule has 14 heavy (non-hydrogen) atoms. The number of nitrogens with two attached hydrogens (primary N) is 1. The predicted octanol–water partition coefficient (Wildman–Crippen LogP) is 2.94. The third-order valence-corrected chi connectivity index (χ3v) is 5.41. The molecule has 3 aliphatic rings. The summed E-state index contributed by atoms with van der Waals surface area (Å²) in [4.78, 5) is 0. The van der Waals surface area contributed by atoms with Gasteiger partial charge in [0.15, 0.2) is 0 Å². The van der Waals surface area contributed by atoms with E-state index in [0.29, 0.717) is 11.5 Å². The van der Waals surface area contributed by atoms with Crippen LogP contribution in [0.2, 0.25) is 0 Å². The molecule has 2 N–H and O–H groups in total. The molecule has 1 nitrogen and oxygen atoms in total. The zero-order chi connectivity index (χ0) is 9.76. The second-order valence-electron chi connectivity index (χ2n) is 6.29. The summed E-state index contributed by atoms with van der Waals surface area (Å²) in [6.07, 6.45) is 10.5. The molecule has 1 heteroatoms. The first kappa shape index (κ1) is 9.21. The van der Waals surface area contributed by atoms with Crippen molar-refractivity contribution in [2.24, 2.45) is 28.9 Å². The lowest BCUT2D eigenvalue weighted by Crippen LogP contribution is -2.31. The highest BCUT2D eigenvalue weighted by Gasteiger charge is 2.50. The van der Waals surface area contributed by atoms with E-state index in [2.05, 4.69) is 6.92 Å². The van der Waals surface area contributed by atoms with Crippen molar-refractivity contribution in [3.8, 4) is 0 Å². The van der Waals surface area contributed by atoms with Gasteiger partial charge in [-0.1, -0.05) is 6.42 Å². The summed E-state index contributed by atoms with van der Waals surface area (Å²) in [6.45, 7) is 2.22. The van der Waals surface area contributed by atoms with Crippen LogP contribution in [-0.2, 0) is 0 Å². The van der Waals surface area contributed by atoms with Gasteiger partial charge in [0.05, 0.1) is 0 Å². The molecule has 3 aliphatic carbocycles. The summed E-state index contributed by atoms with van der Waals surface area (Å²) in [5, 5.41) is 0. The summed E-state index contributed by atoms with van der Waals surface area (Å²) < 4.78 is 0. The summed E-state index contributed by atoms with van der Waals surface area (Å²) >= 11 is 0. The second-order valence-corrected chi connectivity index (χ2v) is 6.29. The highest BCUT2D eigenvalue weighted by molar-refractivity contribution is 5.03. The summed E-state index contributed by atoms with van der Waals surface area (Å²) in [5.74, 6) is 3.26. The second kappa shape index (κ2) is 2.98. The van der Waals surface area contributed by atoms with E-state index in [1.165, 1.54) is 32.1 Å². The van der Waals surface area contributed by atoms with Crippen LogP contribution in [0.5, 0.6) is 0 Å². The Kier molecular flexibility index (Phi) is 1.96. The lowest BCUT2D eigenvalue weighted by molar-refractivity contribution is 0.236. The Balaban J connectivity index is 1.63. The molecule has 3 saturated carbocycles. The van der Waals surface area contributed by atoms with Crippen molar-refractivity contribution >= 4 is 0 Å². The standard InChI is InChI=1S/C13H23N/c1-9(14)13(4-5-13)8-12-7-10-2-3-11(12)6-10/h9-12H,2-8,14H2,1H3. The van der Waals surface area contributed by atoms with E-state index in [1.807, 2.05) is 0 Å². The summed E-state index contributed by atoms with van der Waals surface area (Å²) in [5.41, 5.74) is 6.70. The lowest BCUT2D eigenvalue weighted by Gasteiger charge is -2.28. The SMILES string of the molecule is CC(N)C1(CC2CC3CCC2C3)CC1. The van der Waals surface area contributed by atoms with Crippen LogP contribution in [0.1, 0.15) is 51.9 Å². The third-order valence-electron chi connectivity index (χ3n) is 5.41. The van der Waals surface area contributed by atoms with Crippen molar-refractivity contribution in [3.63, 3.8) is 0 Å². The number of fused-ring (bicyclic) bond motifs is 2. The monoisotopic (exact) mass is 193 g/mol. The first-order chi connectivity index (χ1) is 6.70. The molecule has 3 rings (SSSR count). The maximum atomic E-state index is 6.11. The van der Waals surface area contributed by atoms with Crippen molar-refractivity contribution in [1.82, 2.24) is 0 Å². The fourth-order valence-corrected chi connectivity index (χ4v) is 4.15. The summed E-state index contributed by atoms with van der Waals surface area (Å²) in [7, 11) is 0. The van der Waals surface area contributed by atoms with E-state index in [4.69, 9.17) is 5.73 Å². The number of hydrogen-bond acceptors (Lipinski definition) is 1. The van der Waals surface area contributed by atoms with E-state index >= 15 is 0 Å². The quantitative estimate of drug-likeness (QED) is 0.732. The Bertz CT molecular complexity index is 229. The third kappa shape index (κ3) is 1.32. The maximum absolute atomic E-state index is 6.11. The molecule has 0 amide bonds. The maximum Gasteiger partial charge on any atom is 0.00671 e. The Morgan fingerprint density at radius 3 is 2.50 bits per heavy atom. The molecule has 0 aromatic carbocycles. The molecule has 0 aliphatic heterocycles. The van der Waals surface area contributed by atoms with Gasteiger partial charge in [0.1, 0.15) is 0 Å².